The molecule has 0 bridgehead atoms. The van der Waals surface area contributed by atoms with E-state index < -0.39 is 0 Å². The molecule has 2 heterocycles. The Balaban J connectivity index is 2.17. The predicted octanol–water partition coefficient (Wildman–Crippen LogP) is 1.92. The molecule has 0 unspecified atom stereocenters. The van der Waals surface area contributed by atoms with Crippen molar-refractivity contribution in [3.63, 3.8) is 0 Å². The molecule has 0 radical (unpaired) electrons. The number of halogens is 1. The van der Waals surface area contributed by atoms with E-state index in [-0.39, 0.29) is 5.56 Å². The van der Waals surface area contributed by atoms with Crippen LogP contribution in [-0.4, -0.2) is 17.7 Å². The fourth-order valence-electron chi connectivity index (χ4n) is 2.22. The molecule has 1 aromatic rings. The third-order valence-corrected chi connectivity index (χ3v) is 3.58. The maximum absolute atomic E-state index is 11.9. The van der Waals surface area contributed by atoms with Crippen LogP contribution in [-0.2, 0) is 6.54 Å². The molecule has 1 N–H and O–H groups in total. The average Bonchev–Trinajstić information content (AvgIpc) is 2.27. The van der Waals surface area contributed by atoms with Gasteiger partial charge in [0.1, 0.15) is 0 Å². The molecule has 2 rings (SSSR count). The Morgan fingerprint density at radius 2 is 2.19 bits per heavy atom. The van der Waals surface area contributed by atoms with E-state index in [4.69, 9.17) is 0 Å². The van der Waals surface area contributed by atoms with E-state index in [1.54, 1.807) is 0 Å². The van der Waals surface area contributed by atoms with E-state index >= 15 is 0 Å². The summed E-state index contributed by atoms with van der Waals surface area (Å²) in [5.41, 5.74) is 0.949. The smallest absolute Gasteiger partial charge is 0.253 e. The van der Waals surface area contributed by atoms with Crippen LogP contribution < -0.4 is 10.9 Å². The molecule has 1 aliphatic heterocycles. The van der Waals surface area contributed by atoms with Crippen molar-refractivity contribution in [2.45, 2.75) is 26.3 Å². The average molecular weight is 285 g/mol. The van der Waals surface area contributed by atoms with Gasteiger partial charge >= 0.3 is 0 Å². The Morgan fingerprint density at radius 1 is 1.50 bits per heavy atom. The molecule has 88 valence electrons. The molecule has 3 nitrogen and oxygen atoms in total. The van der Waals surface area contributed by atoms with Gasteiger partial charge < -0.3 is 9.88 Å². The van der Waals surface area contributed by atoms with Crippen LogP contribution in [0.3, 0.4) is 0 Å². The summed E-state index contributed by atoms with van der Waals surface area (Å²) in [6.45, 7) is 4.87. The largest absolute Gasteiger partial charge is 0.317 e. The van der Waals surface area contributed by atoms with Crippen molar-refractivity contribution in [3.05, 3.63) is 32.7 Å². The van der Waals surface area contributed by atoms with Crippen molar-refractivity contribution in [1.82, 2.24) is 9.88 Å². The molecule has 0 amide bonds. The van der Waals surface area contributed by atoms with Gasteiger partial charge in [-0.15, -0.1) is 0 Å². The summed E-state index contributed by atoms with van der Waals surface area (Å²) in [6, 6.07) is 1.88. The lowest BCUT2D eigenvalue weighted by Gasteiger charge is -2.23. The quantitative estimate of drug-likeness (QED) is 0.900. The standard InChI is InChI=1S/C12H17BrN2O/c1-9-6-11(13)8-15(12(9)16)7-10-2-4-14-5-3-10/h6,8,10,14H,2-5,7H2,1H3. The van der Waals surface area contributed by atoms with Gasteiger partial charge in [0.15, 0.2) is 0 Å². The number of rotatable bonds is 2. The molecule has 1 aliphatic rings. The summed E-state index contributed by atoms with van der Waals surface area (Å²) in [6.07, 6.45) is 4.23. The van der Waals surface area contributed by atoms with Gasteiger partial charge in [-0.2, -0.15) is 0 Å². The van der Waals surface area contributed by atoms with Crippen molar-refractivity contribution in [2.75, 3.05) is 13.1 Å². The monoisotopic (exact) mass is 284 g/mol. The van der Waals surface area contributed by atoms with Gasteiger partial charge in [0.05, 0.1) is 0 Å². The molecule has 0 aliphatic carbocycles. The van der Waals surface area contributed by atoms with E-state index in [0.29, 0.717) is 5.92 Å². The summed E-state index contributed by atoms with van der Waals surface area (Å²) in [5.74, 6) is 0.632. The second-order valence-electron chi connectivity index (χ2n) is 4.49. The van der Waals surface area contributed by atoms with Crippen molar-refractivity contribution >= 4 is 15.9 Å². The lowest BCUT2D eigenvalue weighted by molar-refractivity contribution is 0.329. The maximum Gasteiger partial charge on any atom is 0.253 e. The molecular formula is C12H17BrN2O. The number of aromatic nitrogens is 1. The first kappa shape index (κ1) is 11.9. The minimum Gasteiger partial charge on any atom is -0.317 e. The zero-order chi connectivity index (χ0) is 11.5. The van der Waals surface area contributed by atoms with E-state index in [1.807, 2.05) is 23.8 Å². The van der Waals surface area contributed by atoms with Gasteiger partial charge in [-0.3, -0.25) is 4.79 Å². The molecule has 4 heteroatoms. The van der Waals surface area contributed by atoms with E-state index in [2.05, 4.69) is 21.2 Å². The molecule has 0 atom stereocenters. The Morgan fingerprint density at radius 3 is 2.88 bits per heavy atom. The van der Waals surface area contributed by atoms with E-state index in [1.165, 1.54) is 0 Å². The summed E-state index contributed by atoms with van der Waals surface area (Å²) < 4.78 is 2.83. The zero-order valence-corrected chi connectivity index (χ0v) is 11.1. The van der Waals surface area contributed by atoms with Crippen LogP contribution in [0, 0.1) is 12.8 Å². The number of piperidine rings is 1. The first-order valence-electron chi connectivity index (χ1n) is 5.74. The normalized spacial score (nSPS) is 17.6. The molecule has 1 fully saturated rings. The Labute approximate surface area is 104 Å². The first-order chi connectivity index (χ1) is 7.66. The Hall–Kier alpha value is -0.610. The highest BCUT2D eigenvalue weighted by Crippen LogP contribution is 2.15. The fraction of sp³-hybridized carbons (Fsp3) is 0.583. The predicted molar refractivity (Wildman–Crippen MR) is 68.7 cm³/mol. The number of pyridine rings is 1. The number of hydrogen-bond donors (Lipinski definition) is 1. The van der Waals surface area contributed by atoms with Gasteiger partial charge in [0.25, 0.3) is 5.56 Å². The highest BCUT2D eigenvalue weighted by Gasteiger charge is 2.14. The van der Waals surface area contributed by atoms with Gasteiger partial charge in [-0.1, -0.05) is 0 Å². The number of nitrogens with one attached hydrogen (secondary N) is 1. The summed E-state index contributed by atoms with van der Waals surface area (Å²) >= 11 is 3.44. The lowest BCUT2D eigenvalue weighted by atomic mass is 9.98. The SMILES string of the molecule is Cc1cc(Br)cn(CC2CCNCC2)c1=O. The second-order valence-corrected chi connectivity index (χ2v) is 5.41. The zero-order valence-electron chi connectivity index (χ0n) is 9.50. The maximum atomic E-state index is 11.9. The van der Waals surface area contributed by atoms with Crippen molar-refractivity contribution < 1.29 is 0 Å². The third kappa shape index (κ3) is 2.74. The lowest BCUT2D eigenvalue weighted by Crippen LogP contribution is -2.32. The number of nitrogens with zero attached hydrogens (tertiary/aromatic N) is 1. The summed E-state index contributed by atoms with van der Waals surface area (Å²) in [5, 5.41) is 3.34. The third-order valence-electron chi connectivity index (χ3n) is 3.15. The molecule has 16 heavy (non-hydrogen) atoms. The molecule has 0 spiro atoms. The minimum atomic E-state index is 0.140. The van der Waals surface area contributed by atoms with E-state index in [9.17, 15) is 4.79 Å². The van der Waals surface area contributed by atoms with Crippen LogP contribution in [0.2, 0.25) is 0 Å². The highest BCUT2D eigenvalue weighted by atomic mass is 79.9. The van der Waals surface area contributed by atoms with Crippen molar-refractivity contribution in [2.24, 2.45) is 5.92 Å². The molecule has 0 aromatic carbocycles. The topological polar surface area (TPSA) is 34.0 Å². The van der Waals surface area contributed by atoms with Crippen molar-refractivity contribution in [3.8, 4) is 0 Å². The Bertz CT molecular complexity index is 422. The van der Waals surface area contributed by atoms with Crippen LogP contribution >= 0.6 is 15.9 Å². The highest BCUT2D eigenvalue weighted by molar-refractivity contribution is 9.10. The summed E-state index contributed by atoms with van der Waals surface area (Å²) in [4.78, 5) is 11.9. The minimum absolute atomic E-state index is 0.140. The Kier molecular flexibility index (Phi) is 3.82. The molecule has 1 saturated heterocycles. The van der Waals surface area contributed by atoms with Crippen molar-refractivity contribution in [1.29, 1.82) is 0 Å². The first-order valence-corrected chi connectivity index (χ1v) is 6.53. The van der Waals surface area contributed by atoms with Gasteiger partial charge in [0.2, 0.25) is 0 Å². The van der Waals surface area contributed by atoms with Gasteiger partial charge in [-0.25, -0.2) is 0 Å². The van der Waals surface area contributed by atoms with E-state index in [0.717, 1.165) is 42.5 Å². The molecule has 0 saturated carbocycles. The second kappa shape index (κ2) is 5.15. The number of hydrogen-bond acceptors (Lipinski definition) is 2. The van der Waals surface area contributed by atoms with Crippen LogP contribution in [0.25, 0.3) is 0 Å². The van der Waals surface area contributed by atoms with Crippen LogP contribution in [0.15, 0.2) is 21.5 Å². The van der Waals surface area contributed by atoms with Gasteiger partial charge in [-0.05, 0) is 60.8 Å². The van der Waals surface area contributed by atoms with Gasteiger partial charge in [0, 0.05) is 22.8 Å². The van der Waals surface area contributed by atoms with Crippen LogP contribution in [0.4, 0.5) is 0 Å². The van der Waals surface area contributed by atoms with Crippen LogP contribution in [0.5, 0.6) is 0 Å². The van der Waals surface area contributed by atoms with Crippen LogP contribution in [0.1, 0.15) is 18.4 Å². The molecular weight excluding hydrogens is 268 g/mol. The fourth-order valence-corrected chi connectivity index (χ4v) is 2.81. The number of aryl methyl sites for hydroxylation is 1. The molecule has 1 aromatic heterocycles. The summed E-state index contributed by atoms with van der Waals surface area (Å²) in [7, 11) is 0.